The zero-order valence-electron chi connectivity index (χ0n) is 13.2. The minimum Gasteiger partial charge on any atom is -0.352 e. The van der Waals surface area contributed by atoms with Crippen LogP contribution >= 0.6 is 11.6 Å². The molecule has 0 aliphatic heterocycles. The molecule has 0 aromatic heterocycles. The van der Waals surface area contributed by atoms with Gasteiger partial charge in [-0.25, -0.2) is 8.42 Å². The minimum atomic E-state index is -3.74. The number of sulfonamides is 1. The molecular weight excluding hydrogens is 336 g/mol. The summed E-state index contributed by atoms with van der Waals surface area (Å²) in [6.45, 7) is 1.56. The summed E-state index contributed by atoms with van der Waals surface area (Å²) in [6.07, 6.45) is 6.53. The Hall–Kier alpha value is -1.11. The van der Waals surface area contributed by atoms with Gasteiger partial charge in [-0.3, -0.25) is 4.79 Å². The first-order chi connectivity index (χ1) is 10.9. The van der Waals surface area contributed by atoms with Crippen molar-refractivity contribution in [2.75, 3.05) is 0 Å². The third-order valence-electron chi connectivity index (χ3n) is 4.05. The maximum atomic E-state index is 12.3. The van der Waals surface area contributed by atoms with E-state index in [1.54, 1.807) is 6.92 Å². The second-order valence-corrected chi connectivity index (χ2v) is 8.14. The highest BCUT2D eigenvalue weighted by molar-refractivity contribution is 7.89. The Morgan fingerprint density at radius 3 is 2.26 bits per heavy atom. The summed E-state index contributed by atoms with van der Waals surface area (Å²) >= 11 is 5.76. The van der Waals surface area contributed by atoms with Gasteiger partial charge in [0, 0.05) is 11.1 Å². The van der Waals surface area contributed by atoms with Crippen molar-refractivity contribution in [3.8, 4) is 0 Å². The lowest BCUT2D eigenvalue weighted by Crippen LogP contribution is -2.47. The lowest BCUT2D eigenvalue weighted by molar-refractivity contribution is -0.123. The van der Waals surface area contributed by atoms with Crippen molar-refractivity contribution in [1.29, 1.82) is 0 Å². The predicted octanol–water partition coefficient (Wildman–Crippen LogP) is 2.85. The van der Waals surface area contributed by atoms with Crippen molar-refractivity contribution in [3.63, 3.8) is 0 Å². The van der Waals surface area contributed by atoms with Crippen molar-refractivity contribution in [3.05, 3.63) is 29.3 Å². The van der Waals surface area contributed by atoms with Gasteiger partial charge in [-0.2, -0.15) is 4.72 Å². The number of carbonyl (C=O) groups is 1. The lowest BCUT2D eigenvalue weighted by atomic mass is 10.1. The SMILES string of the molecule is CC(NS(=O)(=O)c1ccc(Cl)cc1)C(=O)NC1CCCCCC1. The van der Waals surface area contributed by atoms with Crippen LogP contribution in [0.25, 0.3) is 0 Å². The van der Waals surface area contributed by atoms with E-state index in [4.69, 9.17) is 11.6 Å². The second-order valence-electron chi connectivity index (χ2n) is 5.99. The first-order valence-electron chi connectivity index (χ1n) is 7.97. The van der Waals surface area contributed by atoms with Gasteiger partial charge in [0.2, 0.25) is 15.9 Å². The number of rotatable bonds is 5. The van der Waals surface area contributed by atoms with Gasteiger partial charge in [-0.1, -0.05) is 37.3 Å². The van der Waals surface area contributed by atoms with Crippen LogP contribution in [0.5, 0.6) is 0 Å². The predicted molar refractivity (Wildman–Crippen MR) is 90.9 cm³/mol. The number of benzene rings is 1. The topological polar surface area (TPSA) is 75.3 Å². The van der Waals surface area contributed by atoms with Gasteiger partial charge in [0.25, 0.3) is 0 Å². The van der Waals surface area contributed by atoms with E-state index in [1.165, 1.54) is 37.1 Å². The van der Waals surface area contributed by atoms with Gasteiger partial charge >= 0.3 is 0 Å². The van der Waals surface area contributed by atoms with Crippen molar-refractivity contribution in [2.45, 2.75) is 62.4 Å². The minimum absolute atomic E-state index is 0.0935. The van der Waals surface area contributed by atoms with Crippen LogP contribution < -0.4 is 10.0 Å². The van der Waals surface area contributed by atoms with Gasteiger partial charge in [0.15, 0.2) is 0 Å². The summed E-state index contributed by atoms with van der Waals surface area (Å²) < 4.78 is 27.0. The normalized spacial score (nSPS) is 18.2. The standard InChI is InChI=1S/C16H23ClN2O3S/c1-12(16(20)18-14-6-4-2-3-5-7-14)19-23(21,22)15-10-8-13(17)9-11-15/h8-12,14,19H,2-7H2,1H3,(H,18,20). The highest BCUT2D eigenvalue weighted by Crippen LogP contribution is 2.17. The van der Waals surface area contributed by atoms with Crippen molar-refractivity contribution in [2.24, 2.45) is 0 Å². The van der Waals surface area contributed by atoms with Crippen LogP contribution in [-0.4, -0.2) is 26.4 Å². The molecule has 0 saturated heterocycles. The maximum absolute atomic E-state index is 12.3. The van der Waals surface area contributed by atoms with E-state index >= 15 is 0 Å². The summed E-state index contributed by atoms with van der Waals surface area (Å²) in [5.41, 5.74) is 0. The molecule has 0 bridgehead atoms. The number of halogens is 1. The molecule has 1 atom stereocenters. The molecule has 1 aromatic carbocycles. The number of hydrogen-bond acceptors (Lipinski definition) is 3. The Morgan fingerprint density at radius 2 is 1.70 bits per heavy atom. The molecule has 1 aliphatic rings. The summed E-state index contributed by atoms with van der Waals surface area (Å²) in [6, 6.07) is 5.17. The molecule has 2 N–H and O–H groups in total. The molecule has 7 heteroatoms. The van der Waals surface area contributed by atoms with E-state index in [2.05, 4.69) is 10.0 Å². The highest BCUT2D eigenvalue weighted by Gasteiger charge is 2.24. The fourth-order valence-corrected chi connectivity index (χ4v) is 4.05. The Morgan fingerprint density at radius 1 is 1.13 bits per heavy atom. The maximum Gasteiger partial charge on any atom is 0.241 e. The van der Waals surface area contributed by atoms with E-state index in [0.29, 0.717) is 5.02 Å². The number of amides is 1. The fraction of sp³-hybridized carbons (Fsp3) is 0.562. The van der Waals surface area contributed by atoms with Crippen molar-refractivity contribution >= 4 is 27.5 Å². The molecule has 0 radical (unpaired) electrons. The zero-order chi connectivity index (χ0) is 16.9. The molecule has 1 amide bonds. The fourth-order valence-electron chi connectivity index (χ4n) is 2.72. The van der Waals surface area contributed by atoms with Crippen LogP contribution in [-0.2, 0) is 14.8 Å². The molecule has 1 saturated carbocycles. The quantitative estimate of drug-likeness (QED) is 0.795. The molecule has 1 aliphatic carbocycles. The summed E-state index contributed by atoms with van der Waals surface area (Å²) in [5.74, 6) is -0.283. The molecule has 23 heavy (non-hydrogen) atoms. The number of hydrogen-bond donors (Lipinski definition) is 2. The Labute approximate surface area is 142 Å². The third kappa shape index (κ3) is 5.48. The zero-order valence-corrected chi connectivity index (χ0v) is 14.8. The van der Waals surface area contributed by atoms with Gasteiger partial charge in [0.05, 0.1) is 10.9 Å². The molecule has 1 aromatic rings. The molecule has 0 heterocycles. The summed E-state index contributed by atoms with van der Waals surface area (Å²) in [4.78, 5) is 12.3. The van der Waals surface area contributed by atoms with E-state index in [1.807, 2.05) is 0 Å². The summed E-state index contributed by atoms with van der Waals surface area (Å²) in [5, 5.41) is 3.42. The molecular formula is C16H23ClN2O3S. The largest absolute Gasteiger partial charge is 0.352 e. The Kier molecular flexibility index (Phi) is 6.44. The van der Waals surface area contributed by atoms with Crippen LogP contribution in [0.1, 0.15) is 45.4 Å². The Balaban J connectivity index is 1.95. The monoisotopic (exact) mass is 358 g/mol. The number of carbonyl (C=O) groups excluding carboxylic acids is 1. The van der Waals surface area contributed by atoms with Crippen molar-refractivity contribution in [1.82, 2.24) is 10.0 Å². The van der Waals surface area contributed by atoms with Crippen LogP contribution in [0.3, 0.4) is 0 Å². The first-order valence-corrected chi connectivity index (χ1v) is 9.83. The van der Waals surface area contributed by atoms with E-state index in [-0.39, 0.29) is 16.8 Å². The van der Waals surface area contributed by atoms with Crippen LogP contribution in [0.2, 0.25) is 5.02 Å². The summed E-state index contributed by atoms with van der Waals surface area (Å²) in [7, 11) is -3.74. The van der Waals surface area contributed by atoms with Gasteiger partial charge in [0.1, 0.15) is 0 Å². The molecule has 1 fully saturated rings. The van der Waals surface area contributed by atoms with Crippen LogP contribution in [0.4, 0.5) is 0 Å². The first kappa shape index (κ1) is 18.2. The van der Waals surface area contributed by atoms with E-state index in [0.717, 1.165) is 25.7 Å². The molecule has 0 spiro atoms. The van der Waals surface area contributed by atoms with E-state index in [9.17, 15) is 13.2 Å². The third-order valence-corrected chi connectivity index (χ3v) is 5.86. The molecule has 5 nitrogen and oxygen atoms in total. The Bertz CT molecular complexity index is 623. The van der Waals surface area contributed by atoms with E-state index < -0.39 is 16.1 Å². The second kappa shape index (κ2) is 8.13. The van der Waals surface area contributed by atoms with Gasteiger partial charge < -0.3 is 5.32 Å². The van der Waals surface area contributed by atoms with Crippen molar-refractivity contribution < 1.29 is 13.2 Å². The average Bonchev–Trinajstić information content (AvgIpc) is 2.76. The lowest BCUT2D eigenvalue weighted by Gasteiger charge is -2.20. The average molecular weight is 359 g/mol. The van der Waals surface area contributed by atoms with Crippen LogP contribution in [0.15, 0.2) is 29.2 Å². The molecule has 128 valence electrons. The smallest absolute Gasteiger partial charge is 0.241 e. The number of nitrogens with one attached hydrogen (secondary N) is 2. The molecule has 2 rings (SSSR count). The molecule has 1 unspecified atom stereocenters. The highest BCUT2D eigenvalue weighted by atomic mass is 35.5. The van der Waals surface area contributed by atoms with Gasteiger partial charge in [-0.15, -0.1) is 0 Å². The van der Waals surface area contributed by atoms with Crippen LogP contribution in [0, 0.1) is 0 Å². The van der Waals surface area contributed by atoms with Gasteiger partial charge in [-0.05, 0) is 44.0 Å².